The Morgan fingerprint density at radius 1 is 1.26 bits per heavy atom. The summed E-state index contributed by atoms with van der Waals surface area (Å²) >= 11 is 6.04. The van der Waals surface area contributed by atoms with Crippen molar-refractivity contribution in [2.75, 3.05) is 13.2 Å². The highest BCUT2D eigenvalue weighted by Gasteiger charge is 2.20. The van der Waals surface area contributed by atoms with Crippen LogP contribution in [0.15, 0.2) is 30.5 Å². The SMILES string of the molecule is CCOc1ncc(C(=O)N(CCC(=O)O)Cc2ccc(F)c(F)c2)cc1Cl. The van der Waals surface area contributed by atoms with Gasteiger partial charge in [-0.1, -0.05) is 17.7 Å². The molecule has 9 heteroatoms. The minimum Gasteiger partial charge on any atom is -0.481 e. The molecule has 1 aromatic carbocycles. The average molecular weight is 399 g/mol. The molecule has 1 N–H and O–H groups in total. The summed E-state index contributed by atoms with van der Waals surface area (Å²) in [6.07, 6.45) is 0.950. The van der Waals surface area contributed by atoms with Gasteiger partial charge in [-0.05, 0) is 30.7 Å². The summed E-state index contributed by atoms with van der Waals surface area (Å²) in [5.74, 6) is -3.53. The molecule has 6 nitrogen and oxygen atoms in total. The van der Waals surface area contributed by atoms with Gasteiger partial charge < -0.3 is 14.7 Å². The lowest BCUT2D eigenvalue weighted by Gasteiger charge is -2.22. The van der Waals surface area contributed by atoms with Gasteiger partial charge in [-0.15, -0.1) is 0 Å². The lowest BCUT2D eigenvalue weighted by atomic mass is 10.1. The molecule has 1 heterocycles. The Labute approximate surface area is 159 Å². The van der Waals surface area contributed by atoms with Gasteiger partial charge in [-0.25, -0.2) is 13.8 Å². The van der Waals surface area contributed by atoms with Crippen molar-refractivity contribution in [3.8, 4) is 5.88 Å². The van der Waals surface area contributed by atoms with Crippen LogP contribution < -0.4 is 4.74 Å². The number of benzene rings is 1. The summed E-state index contributed by atoms with van der Waals surface area (Å²) < 4.78 is 31.7. The van der Waals surface area contributed by atoms with Crippen LogP contribution in [0.25, 0.3) is 0 Å². The lowest BCUT2D eigenvalue weighted by molar-refractivity contribution is -0.137. The maximum atomic E-state index is 13.4. The van der Waals surface area contributed by atoms with Crippen molar-refractivity contribution in [1.82, 2.24) is 9.88 Å². The van der Waals surface area contributed by atoms with E-state index in [2.05, 4.69) is 4.98 Å². The Hall–Kier alpha value is -2.74. The summed E-state index contributed by atoms with van der Waals surface area (Å²) in [7, 11) is 0. The van der Waals surface area contributed by atoms with E-state index in [-0.39, 0.29) is 36.0 Å². The van der Waals surface area contributed by atoms with Crippen LogP contribution in [0, 0.1) is 11.6 Å². The second-order valence-electron chi connectivity index (χ2n) is 5.56. The number of carboxylic acid groups (broad SMARTS) is 1. The van der Waals surface area contributed by atoms with E-state index in [0.29, 0.717) is 12.2 Å². The first kappa shape index (κ1) is 20.6. The van der Waals surface area contributed by atoms with Crippen LogP contribution in [0.1, 0.15) is 29.3 Å². The Kier molecular flexibility index (Phi) is 7.06. The van der Waals surface area contributed by atoms with E-state index in [1.165, 1.54) is 23.2 Å². The topological polar surface area (TPSA) is 79.7 Å². The Balaban J connectivity index is 2.26. The van der Waals surface area contributed by atoms with Crippen molar-refractivity contribution in [2.24, 2.45) is 0 Å². The first-order valence-corrected chi connectivity index (χ1v) is 8.43. The highest BCUT2D eigenvalue weighted by molar-refractivity contribution is 6.32. The molecule has 0 spiro atoms. The molecule has 0 saturated carbocycles. The Bertz CT molecular complexity index is 848. The zero-order valence-corrected chi connectivity index (χ0v) is 15.2. The van der Waals surface area contributed by atoms with Crippen LogP contribution >= 0.6 is 11.6 Å². The molecule has 2 rings (SSSR count). The number of aromatic nitrogens is 1. The molecule has 144 valence electrons. The fraction of sp³-hybridized carbons (Fsp3) is 0.278. The van der Waals surface area contributed by atoms with E-state index >= 15 is 0 Å². The normalized spacial score (nSPS) is 10.5. The number of carboxylic acids is 1. The van der Waals surface area contributed by atoms with Crippen molar-refractivity contribution in [1.29, 1.82) is 0 Å². The lowest BCUT2D eigenvalue weighted by Crippen LogP contribution is -2.32. The number of amides is 1. The van der Waals surface area contributed by atoms with Crippen LogP contribution in [0.5, 0.6) is 5.88 Å². The number of hydrogen-bond acceptors (Lipinski definition) is 4. The molecule has 0 bridgehead atoms. The van der Waals surface area contributed by atoms with E-state index in [9.17, 15) is 18.4 Å². The fourth-order valence-electron chi connectivity index (χ4n) is 2.31. The van der Waals surface area contributed by atoms with E-state index in [0.717, 1.165) is 12.1 Å². The quantitative estimate of drug-likeness (QED) is 0.735. The number of hydrogen-bond donors (Lipinski definition) is 1. The van der Waals surface area contributed by atoms with Gasteiger partial charge >= 0.3 is 5.97 Å². The first-order valence-electron chi connectivity index (χ1n) is 8.05. The average Bonchev–Trinajstić information content (AvgIpc) is 2.62. The number of aliphatic carboxylic acids is 1. The van der Waals surface area contributed by atoms with Crippen molar-refractivity contribution in [2.45, 2.75) is 19.9 Å². The fourth-order valence-corrected chi connectivity index (χ4v) is 2.53. The first-order chi connectivity index (χ1) is 12.8. The Morgan fingerprint density at radius 2 is 2.00 bits per heavy atom. The Morgan fingerprint density at radius 3 is 2.59 bits per heavy atom. The van der Waals surface area contributed by atoms with Gasteiger partial charge in [0.25, 0.3) is 5.91 Å². The summed E-state index contributed by atoms with van der Waals surface area (Å²) in [4.78, 5) is 28.8. The van der Waals surface area contributed by atoms with Crippen LogP contribution in [0.4, 0.5) is 8.78 Å². The standard InChI is InChI=1S/C18H17ClF2N2O4/c1-2-27-17-13(19)8-12(9-22-17)18(26)23(6-5-16(24)25)10-11-3-4-14(20)15(21)7-11/h3-4,7-9H,2,5-6,10H2,1H3,(H,24,25). The molecule has 0 fully saturated rings. The van der Waals surface area contributed by atoms with Gasteiger partial charge in [0.05, 0.1) is 18.6 Å². The molecule has 2 aromatic rings. The van der Waals surface area contributed by atoms with E-state index < -0.39 is 23.5 Å². The number of ether oxygens (including phenoxy) is 1. The molecule has 0 aliphatic carbocycles. The van der Waals surface area contributed by atoms with Crippen molar-refractivity contribution >= 4 is 23.5 Å². The van der Waals surface area contributed by atoms with Crippen LogP contribution in [0.3, 0.4) is 0 Å². The molecular formula is C18H17ClF2N2O4. The molecule has 1 amide bonds. The van der Waals surface area contributed by atoms with Gasteiger partial charge in [-0.2, -0.15) is 0 Å². The summed E-state index contributed by atoms with van der Waals surface area (Å²) in [5, 5.41) is 9.04. The predicted octanol–water partition coefficient (Wildman–Crippen LogP) is 3.53. The number of nitrogens with zero attached hydrogens (tertiary/aromatic N) is 2. The molecule has 1 aromatic heterocycles. The largest absolute Gasteiger partial charge is 0.481 e. The van der Waals surface area contributed by atoms with Gasteiger partial charge in [0, 0.05) is 19.3 Å². The second-order valence-corrected chi connectivity index (χ2v) is 5.97. The van der Waals surface area contributed by atoms with Gasteiger partial charge in [-0.3, -0.25) is 9.59 Å². The van der Waals surface area contributed by atoms with Crippen LogP contribution in [-0.4, -0.2) is 40.0 Å². The maximum Gasteiger partial charge on any atom is 0.305 e. The van der Waals surface area contributed by atoms with Crippen molar-refractivity contribution < 1.29 is 28.2 Å². The maximum absolute atomic E-state index is 13.4. The molecule has 0 aliphatic heterocycles. The highest BCUT2D eigenvalue weighted by atomic mass is 35.5. The van der Waals surface area contributed by atoms with Crippen molar-refractivity contribution in [3.05, 3.63) is 58.2 Å². The molecule has 0 atom stereocenters. The third kappa shape index (κ3) is 5.62. The predicted molar refractivity (Wildman–Crippen MR) is 93.8 cm³/mol. The van der Waals surface area contributed by atoms with Gasteiger partial charge in [0.1, 0.15) is 5.02 Å². The van der Waals surface area contributed by atoms with Crippen molar-refractivity contribution in [3.63, 3.8) is 0 Å². The van der Waals surface area contributed by atoms with Crippen LogP contribution in [0.2, 0.25) is 5.02 Å². The minimum absolute atomic E-state index is 0.103. The molecule has 0 unspecified atom stereocenters. The number of halogens is 3. The molecular weight excluding hydrogens is 382 g/mol. The van der Waals surface area contributed by atoms with Gasteiger partial charge in [0.2, 0.25) is 5.88 Å². The minimum atomic E-state index is -1.10. The summed E-state index contributed by atoms with van der Waals surface area (Å²) in [6, 6.07) is 4.59. The number of rotatable bonds is 8. The van der Waals surface area contributed by atoms with E-state index in [1.807, 2.05) is 0 Å². The molecule has 0 saturated heterocycles. The molecule has 0 radical (unpaired) electrons. The number of carbonyl (C=O) groups is 2. The molecule has 0 aliphatic rings. The second kappa shape index (κ2) is 9.27. The van der Waals surface area contributed by atoms with E-state index in [1.54, 1.807) is 6.92 Å². The highest BCUT2D eigenvalue weighted by Crippen LogP contribution is 2.23. The zero-order valence-electron chi connectivity index (χ0n) is 14.4. The third-order valence-electron chi connectivity index (χ3n) is 3.58. The zero-order chi connectivity index (χ0) is 20.0. The number of carbonyl (C=O) groups excluding carboxylic acids is 1. The summed E-state index contributed by atoms with van der Waals surface area (Å²) in [6.45, 7) is 1.87. The van der Waals surface area contributed by atoms with E-state index in [4.69, 9.17) is 21.4 Å². The third-order valence-corrected chi connectivity index (χ3v) is 3.85. The smallest absolute Gasteiger partial charge is 0.305 e. The summed E-state index contributed by atoms with van der Waals surface area (Å²) in [5.41, 5.74) is 0.439. The van der Waals surface area contributed by atoms with Crippen LogP contribution in [-0.2, 0) is 11.3 Å². The van der Waals surface area contributed by atoms with Gasteiger partial charge in [0.15, 0.2) is 11.6 Å². The monoisotopic (exact) mass is 398 g/mol. The molecule has 27 heavy (non-hydrogen) atoms. The number of pyridine rings is 1.